The maximum atomic E-state index is 6.74. The fourth-order valence-corrected chi connectivity index (χ4v) is 3.60. The Morgan fingerprint density at radius 2 is 1.72 bits per heavy atom. The molecule has 1 atom stereocenters. The number of aryl methyl sites for hydroxylation is 4. The summed E-state index contributed by atoms with van der Waals surface area (Å²) in [4.78, 5) is 0. The molecule has 1 heteroatoms. The predicted molar refractivity (Wildman–Crippen MR) is 77.5 cm³/mol. The molecular formula is C17H17Cl. The van der Waals surface area contributed by atoms with Crippen LogP contribution in [0.5, 0.6) is 0 Å². The Hall–Kier alpha value is -1.27. The lowest BCUT2D eigenvalue weighted by Gasteiger charge is -2.17. The maximum Gasteiger partial charge on any atom is 0.0843 e. The van der Waals surface area contributed by atoms with Crippen LogP contribution in [0.1, 0.15) is 38.8 Å². The Balaban J connectivity index is 2.22. The van der Waals surface area contributed by atoms with Crippen LogP contribution < -0.4 is 0 Å². The smallest absolute Gasteiger partial charge is 0.0843 e. The van der Waals surface area contributed by atoms with Gasteiger partial charge in [-0.05, 0) is 54.5 Å². The minimum atomic E-state index is -0.000648. The Labute approximate surface area is 114 Å². The van der Waals surface area contributed by atoms with Gasteiger partial charge in [0.05, 0.1) is 5.38 Å². The number of hydrogen-bond donors (Lipinski definition) is 0. The van der Waals surface area contributed by atoms with Crippen molar-refractivity contribution >= 4 is 11.6 Å². The van der Waals surface area contributed by atoms with Crippen molar-refractivity contribution in [3.63, 3.8) is 0 Å². The van der Waals surface area contributed by atoms with Crippen LogP contribution in [0.25, 0.3) is 0 Å². The highest BCUT2D eigenvalue weighted by Crippen LogP contribution is 2.39. The van der Waals surface area contributed by atoms with Crippen molar-refractivity contribution in [3.8, 4) is 0 Å². The van der Waals surface area contributed by atoms with Gasteiger partial charge in [-0.1, -0.05) is 42.0 Å². The minimum Gasteiger partial charge on any atom is -0.113 e. The number of benzene rings is 2. The highest BCUT2D eigenvalue weighted by atomic mass is 35.5. The van der Waals surface area contributed by atoms with Gasteiger partial charge in [0.15, 0.2) is 0 Å². The lowest BCUT2D eigenvalue weighted by Crippen LogP contribution is -2.00. The lowest BCUT2D eigenvalue weighted by molar-refractivity contribution is 0.960. The van der Waals surface area contributed by atoms with E-state index in [-0.39, 0.29) is 5.38 Å². The zero-order valence-corrected chi connectivity index (χ0v) is 11.6. The molecule has 0 spiro atoms. The SMILES string of the molecule is Cc1cc(C)c2c(c1)CCc1ccccc1[C@@H]2Cl. The van der Waals surface area contributed by atoms with E-state index in [1.165, 1.54) is 33.4 Å². The van der Waals surface area contributed by atoms with Crippen LogP contribution in [0, 0.1) is 13.8 Å². The minimum absolute atomic E-state index is 0.000648. The first-order valence-electron chi connectivity index (χ1n) is 6.48. The molecule has 0 fully saturated rings. The maximum absolute atomic E-state index is 6.74. The van der Waals surface area contributed by atoms with Crippen molar-refractivity contribution in [2.24, 2.45) is 0 Å². The van der Waals surface area contributed by atoms with Gasteiger partial charge in [-0.15, -0.1) is 11.6 Å². The van der Waals surface area contributed by atoms with Crippen LogP contribution in [-0.2, 0) is 12.8 Å². The zero-order valence-electron chi connectivity index (χ0n) is 10.8. The number of hydrogen-bond acceptors (Lipinski definition) is 0. The van der Waals surface area contributed by atoms with Crippen LogP contribution in [0.3, 0.4) is 0 Å². The topological polar surface area (TPSA) is 0 Å². The van der Waals surface area contributed by atoms with E-state index >= 15 is 0 Å². The van der Waals surface area contributed by atoms with E-state index < -0.39 is 0 Å². The molecule has 0 radical (unpaired) electrons. The first kappa shape index (κ1) is 11.8. The van der Waals surface area contributed by atoms with Gasteiger partial charge in [-0.2, -0.15) is 0 Å². The third-order valence-electron chi connectivity index (χ3n) is 3.86. The Bertz CT molecular complexity index is 599. The third kappa shape index (κ3) is 1.85. The van der Waals surface area contributed by atoms with Gasteiger partial charge in [0.2, 0.25) is 0 Å². The van der Waals surface area contributed by atoms with E-state index in [0.29, 0.717) is 0 Å². The summed E-state index contributed by atoms with van der Waals surface area (Å²) in [6.45, 7) is 4.34. The third-order valence-corrected chi connectivity index (χ3v) is 4.32. The molecule has 0 amide bonds. The van der Waals surface area contributed by atoms with E-state index in [4.69, 9.17) is 11.6 Å². The van der Waals surface area contributed by atoms with Crippen molar-refractivity contribution in [3.05, 3.63) is 69.8 Å². The van der Waals surface area contributed by atoms with Crippen LogP contribution >= 0.6 is 11.6 Å². The Morgan fingerprint density at radius 3 is 2.56 bits per heavy atom. The molecular weight excluding hydrogens is 240 g/mol. The Kier molecular flexibility index (Phi) is 2.91. The first-order chi connectivity index (χ1) is 8.66. The molecule has 3 rings (SSSR count). The molecule has 0 saturated heterocycles. The van der Waals surface area contributed by atoms with Crippen molar-refractivity contribution in [2.75, 3.05) is 0 Å². The summed E-state index contributed by atoms with van der Waals surface area (Å²) in [5.74, 6) is 0. The van der Waals surface area contributed by atoms with Crippen LogP contribution in [0.15, 0.2) is 36.4 Å². The number of halogens is 1. The molecule has 18 heavy (non-hydrogen) atoms. The van der Waals surface area contributed by atoms with E-state index in [1.54, 1.807) is 0 Å². The predicted octanol–water partition coefficient (Wildman–Crippen LogP) is 4.73. The van der Waals surface area contributed by atoms with Gasteiger partial charge in [0, 0.05) is 0 Å². The first-order valence-corrected chi connectivity index (χ1v) is 6.92. The molecule has 0 saturated carbocycles. The van der Waals surface area contributed by atoms with E-state index in [1.807, 2.05) is 0 Å². The summed E-state index contributed by atoms with van der Waals surface area (Å²) >= 11 is 6.74. The highest BCUT2D eigenvalue weighted by Gasteiger charge is 2.23. The fraction of sp³-hybridized carbons (Fsp3) is 0.294. The van der Waals surface area contributed by atoms with Gasteiger partial charge < -0.3 is 0 Å². The monoisotopic (exact) mass is 256 g/mol. The largest absolute Gasteiger partial charge is 0.113 e. The molecule has 2 aromatic rings. The summed E-state index contributed by atoms with van der Waals surface area (Å²) in [5.41, 5.74) is 8.08. The standard InChI is InChI=1S/C17H17Cl/c1-11-9-12(2)16-14(10-11)8-7-13-5-3-4-6-15(13)17(16)18/h3-6,9-10,17H,7-8H2,1-2H3/t17-/m0/s1. The van der Waals surface area contributed by atoms with Crippen LogP contribution in [0.4, 0.5) is 0 Å². The van der Waals surface area contributed by atoms with Gasteiger partial charge >= 0.3 is 0 Å². The molecule has 0 unspecified atom stereocenters. The molecule has 0 N–H and O–H groups in total. The summed E-state index contributed by atoms with van der Waals surface area (Å²) in [6.07, 6.45) is 2.19. The van der Waals surface area contributed by atoms with Crippen molar-refractivity contribution in [2.45, 2.75) is 32.1 Å². The molecule has 0 nitrogen and oxygen atoms in total. The molecule has 2 aromatic carbocycles. The molecule has 92 valence electrons. The van der Waals surface area contributed by atoms with Crippen LogP contribution in [0.2, 0.25) is 0 Å². The second-order valence-corrected chi connectivity index (χ2v) is 5.65. The zero-order chi connectivity index (χ0) is 12.7. The molecule has 0 heterocycles. The lowest BCUT2D eigenvalue weighted by atomic mass is 9.94. The molecule has 0 aromatic heterocycles. The van der Waals surface area contributed by atoms with Crippen molar-refractivity contribution in [1.29, 1.82) is 0 Å². The van der Waals surface area contributed by atoms with E-state index in [0.717, 1.165) is 12.8 Å². The quantitative estimate of drug-likeness (QED) is 0.598. The fourth-order valence-electron chi connectivity index (χ4n) is 3.07. The van der Waals surface area contributed by atoms with Crippen molar-refractivity contribution in [1.82, 2.24) is 0 Å². The van der Waals surface area contributed by atoms with Gasteiger partial charge in [0.25, 0.3) is 0 Å². The molecule has 0 aliphatic heterocycles. The van der Waals surface area contributed by atoms with Gasteiger partial charge in [-0.3, -0.25) is 0 Å². The molecule has 1 aliphatic carbocycles. The highest BCUT2D eigenvalue weighted by molar-refractivity contribution is 6.23. The van der Waals surface area contributed by atoms with E-state index in [9.17, 15) is 0 Å². The molecule has 0 bridgehead atoms. The number of fused-ring (bicyclic) bond motifs is 2. The average molecular weight is 257 g/mol. The summed E-state index contributed by atoms with van der Waals surface area (Å²) in [7, 11) is 0. The Morgan fingerprint density at radius 1 is 1.00 bits per heavy atom. The van der Waals surface area contributed by atoms with Crippen LogP contribution in [-0.4, -0.2) is 0 Å². The number of alkyl halides is 1. The van der Waals surface area contributed by atoms with E-state index in [2.05, 4.69) is 50.2 Å². The van der Waals surface area contributed by atoms with Gasteiger partial charge in [-0.25, -0.2) is 0 Å². The summed E-state index contributed by atoms with van der Waals surface area (Å²) < 4.78 is 0. The second-order valence-electron chi connectivity index (χ2n) is 5.22. The molecule has 1 aliphatic rings. The number of rotatable bonds is 0. The van der Waals surface area contributed by atoms with Gasteiger partial charge in [0.1, 0.15) is 0 Å². The van der Waals surface area contributed by atoms with Crippen molar-refractivity contribution < 1.29 is 0 Å². The average Bonchev–Trinajstić information content (AvgIpc) is 2.48. The normalized spacial score (nSPS) is 17.8. The summed E-state index contributed by atoms with van der Waals surface area (Å²) in [6, 6.07) is 13.1. The second kappa shape index (κ2) is 4.44. The summed E-state index contributed by atoms with van der Waals surface area (Å²) in [5, 5.41) is -0.000648.